The van der Waals surface area contributed by atoms with Crippen molar-refractivity contribution >= 4 is 5.97 Å². The molecule has 0 amide bonds. The third kappa shape index (κ3) is 10.1. The van der Waals surface area contributed by atoms with Gasteiger partial charge < -0.3 is 14.9 Å². The number of aliphatic hydroxyl groups excluding tert-OH is 2. The Morgan fingerprint density at radius 3 is 2.59 bits per heavy atom. The van der Waals surface area contributed by atoms with E-state index < -0.39 is 0 Å². The number of ether oxygens (including phenoxy) is 1. The summed E-state index contributed by atoms with van der Waals surface area (Å²) in [6.07, 6.45) is 14.0. The minimum absolute atomic E-state index is 0.0575. The molecule has 0 aromatic rings. The van der Waals surface area contributed by atoms with E-state index in [-0.39, 0.29) is 29.5 Å². The van der Waals surface area contributed by atoms with E-state index in [1.165, 1.54) is 5.57 Å². The zero-order valence-electron chi connectivity index (χ0n) is 19.4. The van der Waals surface area contributed by atoms with Crippen LogP contribution in [0.15, 0.2) is 11.6 Å². The Labute approximate surface area is 179 Å². The topological polar surface area (TPSA) is 66.8 Å². The van der Waals surface area contributed by atoms with Gasteiger partial charge in [0.05, 0.1) is 18.8 Å². The van der Waals surface area contributed by atoms with Gasteiger partial charge in [0.1, 0.15) is 0 Å². The molecule has 1 saturated carbocycles. The van der Waals surface area contributed by atoms with Crippen molar-refractivity contribution in [3.05, 3.63) is 11.6 Å². The molecule has 2 N–H and O–H groups in total. The summed E-state index contributed by atoms with van der Waals surface area (Å²) in [4.78, 5) is 11.5. The Morgan fingerprint density at radius 2 is 1.90 bits per heavy atom. The standard InChI is InChI=1S/C25H46O4/c1-5-7-18-25(3,4)23(27)17-15-20-14-16-22(26)21(20)12-10-8-9-11-13-24(28)29-19-6-2/h15,21-23,26-27H,5-14,16-19H2,1-4H3/t21-,22-,23?/m1/s1. The summed E-state index contributed by atoms with van der Waals surface area (Å²) in [5, 5.41) is 21.0. The van der Waals surface area contributed by atoms with Crippen molar-refractivity contribution in [2.45, 2.75) is 123 Å². The van der Waals surface area contributed by atoms with Gasteiger partial charge in [0.15, 0.2) is 0 Å². The van der Waals surface area contributed by atoms with Crippen LogP contribution in [0.1, 0.15) is 111 Å². The fourth-order valence-corrected chi connectivity index (χ4v) is 4.24. The van der Waals surface area contributed by atoms with Crippen LogP contribution in [-0.4, -0.2) is 35.0 Å². The van der Waals surface area contributed by atoms with E-state index in [1.807, 2.05) is 6.92 Å². The highest BCUT2D eigenvalue weighted by Gasteiger charge is 2.31. The molecule has 1 aliphatic carbocycles. The molecule has 0 aromatic heterocycles. The summed E-state index contributed by atoms with van der Waals surface area (Å²) in [5.74, 6) is 0.166. The first-order valence-corrected chi connectivity index (χ1v) is 12.0. The number of carbonyl (C=O) groups excluding carboxylic acids is 1. The highest BCUT2D eigenvalue weighted by molar-refractivity contribution is 5.69. The lowest BCUT2D eigenvalue weighted by atomic mass is 9.79. The maximum absolute atomic E-state index is 11.5. The van der Waals surface area contributed by atoms with Gasteiger partial charge in [-0.05, 0) is 50.4 Å². The van der Waals surface area contributed by atoms with Crippen LogP contribution in [0.4, 0.5) is 0 Å². The van der Waals surface area contributed by atoms with Crippen molar-refractivity contribution < 1.29 is 19.7 Å². The third-order valence-electron chi connectivity index (χ3n) is 6.46. The van der Waals surface area contributed by atoms with Crippen LogP contribution in [0.5, 0.6) is 0 Å². The summed E-state index contributed by atoms with van der Waals surface area (Å²) in [7, 11) is 0. The average molecular weight is 411 g/mol. The van der Waals surface area contributed by atoms with E-state index in [1.54, 1.807) is 0 Å². The first-order valence-electron chi connectivity index (χ1n) is 12.0. The largest absolute Gasteiger partial charge is 0.466 e. The fourth-order valence-electron chi connectivity index (χ4n) is 4.24. The molecule has 0 bridgehead atoms. The Hall–Kier alpha value is -0.870. The second kappa shape index (κ2) is 14.2. The van der Waals surface area contributed by atoms with Crippen molar-refractivity contribution in [1.29, 1.82) is 0 Å². The SMILES string of the molecule is CCCCC(C)(C)C(O)CC=C1CC[C@@H](O)[C@@H]1CCCCCCC(=O)OCCC. The molecule has 0 spiro atoms. The number of aliphatic hydroxyl groups is 2. The lowest BCUT2D eigenvalue weighted by Crippen LogP contribution is -2.29. The second-order valence-corrected chi connectivity index (χ2v) is 9.51. The Bertz CT molecular complexity index is 483. The number of hydrogen-bond acceptors (Lipinski definition) is 4. The Kier molecular flexibility index (Phi) is 12.8. The molecule has 4 heteroatoms. The van der Waals surface area contributed by atoms with Crippen LogP contribution in [0.2, 0.25) is 0 Å². The minimum Gasteiger partial charge on any atom is -0.466 e. The first-order chi connectivity index (χ1) is 13.8. The van der Waals surface area contributed by atoms with Crippen molar-refractivity contribution in [2.24, 2.45) is 11.3 Å². The smallest absolute Gasteiger partial charge is 0.305 e. The van der Waals surface area contributed by atoms with E-state index in [9.17, 15) is 15.0 Å². The van der Waals surface area contributed by atoms with Crippen molar-refractivity contribution in [3.8, 4) is 0 Å². The minimum atomic E-state index is -0.326. The lowest BCUT2D eigenvalue weighted by Gasteiger charge is -2.30. The maximum atomic E-state index is 11.5. The monoisotopic (exact) mass is 410 g/mol. The lowest BCUT2D eigenvalue weighted by molar-refractivity contribution is -0.143. The molecule has 29 heavy (non-hydrogen) atoms. The number of unbranched alkanes of at least 4 members (excludes halogenated alkanes) is 4. The molecular weight excluding hydrogens is 364 g/mol. The Balaban J connectivity index is 2.35. The van der Waals surface area contributed by atoms with Gasteiger partial charge in [-0.1, -0.05) is 71.4 Å². The van der Waals surface area contributed by atoms with Crippen LogP contribution in [0, 0.1) is 11.3 Å². The number of hydrogen-bond donors (Lipinski definition) is 2. The molecule has 1 fully saturated rings. The van der Waals surface area contributed by atoms with Crippen molar-refractivity contribution in [1.82, 2.24) is 0 Å². The quantitative estimate of drug-likeness (QED) is 0.199. The highest BCUT2D eigenvalue weighted by Crippen LogP contribution is 2.37. The number of rotatable bonds is 15. The highest BCUT2D eigenvalue weighted by atomic mass is 16.5. The molecule has 0 saturated heterocycles. The average Bonchev–Trinajstić information content (AvgIpc) is 3.05. The van der Waals surface area contributed by atoms with Crippen molar-refractivity contribution in [2.75, 3.05) is 6.61 Å². The van der Waals surface area contributed by atoms with Gasteiger partial charge >= 0.3 is 5.97 Å². The third-order valence-corrected chi connectivity index (χ3v) is 6.46. The molecule has 1 rings (SSSR count). The van der Waals surface area contributed by atoms with Crippen LogP contribution >= 0.6 is 0 Å². The molecule has 170 valence electrons. The van der Waals surface area contributed by atoms with Crippen LogP contribution in [0.3, 0.4) is 0 Å². The summed E-state index contributed by atoms with van der Waals surface area (Å²) in [6, 6.07) is 0. The van der Waals surface area contributed by atoms with Crippen LogP contribution in [-0.2, 0) is 9.53 Å². The molecule has 3 atom stereocenters. The zero-order chi connectivity index (χ0) is 21.7. The summed E-state index contributed by atoms with van der Waals surface area (Å²) in [6.45, 7) is 9.03. The zero-order valence-corrected chi connectivity index (χ0v) is 19.4. The molecule has 1 unspecified atom stereocenters. The maximum Gasteiger partial charge on any atom is 0.305 e. The summed E-state index contributed by atoms with van der Waals surface area (Å²) < 4.78 is 5.10. The van der Waals surface area contributed by atoms with E-state index >= 15 is 0 Å². The van der Waals surface area contributed by atoms with E-state index in [0.717, 1.165) is 70.6 Å². The van der Waals surface area contributed by atoms with Gasteiger partial charge in [-0.2, -0.15) is 0 Å². The van der Waals surface area contributed by atoms with Gasteiger partial charge in [-0.3, -0.25) is 4.79 Å². The molecule has 0 aromatic carbocycles. The van der Waals surface area contributed by atoms with Crippen molar-refractivity contribution in [3.63, 3.8) is 0 Å². The van der Waals surface area contributed by atoms with Gasteiger partial charge in [-0.15, -0.1) is 0 Å². The van der Waals surface area contributed by atoms with Gasteiger partial charge in [-0.25, -0.2) is 0 Å². The van der Waals surface area contributed by atoms with E-state index in [2.05, 4.69) is 26.8 Å². The normalized spacial score (nSPS) is 22.2. The summed E-state index contributed by atoms with van der Waals surface area (Å²) >= 11 is 0. The van der Waals surface area contributed by atoms with E-state index in [0.29, 0.717) is 19.4 Å². The Morgan fingerprint density at radius 1 is 1.17 bits per heavy atom. The predicted molar refractivity (Wildman–Crippen MR) is 120 cm³/mol. The number of carbonyl (C=O) groups is 1. The van der Waals surface area contributed by atoms with Gasteiger partial charge in [0, 0.05) is 12.3 Å². The van der Waals surface area contributed by atoms with E-state index in [4.69, 9.17) is 4.74 Å². The predicted octanol–water partition coefficient (Wildman–Crippen LogP) is 5.94. The fraction of sp³-hybridized carbons (Fsp3) is 0.880. The summed E-state index contributed by atoms with van der Waals surface area (Å²) in [5.41, 5.74) is 1.28. The first kappa shape index (κ1) is 26.2. The molecule has 4 nitrogen and oxygen atoms in total. The second-order valence-electron chi connectivity index (χ2n) is 9.51. The molecule has 0 heterocycles. The molecule has 0 aliphatic heterocycles. The van der Waals surface area contributed by atoms with Crippen LogP contribution < -0.4 is 0 Å². The molecular formula is C25H46O4. The van der Waals surface area contributed by atoms with Gasteiger partial charge in [0.25, 0.3) is 0 Å². The van der Waals surface area contributed by atoms with Gasteiger partial charge in [0.2, 0.25) is 0 Å². The molecule has 0 radical (unpaired) electrons. The molecule has 1 aliphatic rings. The van der Waals surface area contributed by atoms with Crippen LogP contribution in [0.25, 0.3) is 0 Å². The number of esters is 1.